The predicted octanol–water partition coefficient (Wildman–Crippen LogP) is 0.907. The van der Waals surface area contributed by atoms with Gasteiger partial charge in [0.15, 0.2) is 5.82 Å². The van der Waals surface area contributed by atoms with Gasteiger partial charge in [-0.25, -0.2) is 4.68 Å². The Morgan fingerprint density at radius 3 is 2.67 bits per heavy atom. The highest BCUT2D eigenvalue weighted by Gasteiger charge is 2.22. The van der Waals surface area contributed by atoms with E-state index in [9.17, 15) is 4.79 Å². The molecule has 0 amide bonds. The van der Waals surface area contributed by atoms with Gasteiger partial charge < -0.3 is 5.11 Å². The number of aliphatic carboxylic acids is 1. The lowest BCUT2D eigenvalue weighted by Crippen LogP contribution is -2.22. The fraction of sp³-hybridized carbons (Fsp3) is 0.778. The van der Waals surface area contributed by atoms with Gasteiger partial charge >= 0.3 is 5.97 Å². The molecule has 1 atom stereocenters. The molecule has 0 saturated heterocycles. The highest BCUT2D eigenvalue weighted by molar-refractivity contribution is 5.67. The number of hydrogen-bond donors (Lipinski definition) is 1. The van der Waals surface area contributed by atoms with E-state index in [4.69, 9.17) is 5.11 Å². The van der Waals surface area contributed by atoms with E-state index in [-0.39, 0.29) is 18.4 Å². The Kier molecular flexibility index (Phi) is 3.76. The number of rotatable bonds is 5. The number of aromatic nitrogens is 4. The van der Waals surface area contributed by atoms with Gasteiger partial charge in [-0.2, -0.15) is 0 Å². The molecular formula is C9H16N4O2. The number of carboxylic acid groups (broad SMARTS) is 1. The van der Waals surface area contributed by atoms with Crippen LogP contribution in [0.1, 0.15) is 39.1 Å². The molecule has 0 saturated carbocycles. The highest BCUT2D eigenvalue weighted by atomic mass is 16.4. The zero-order chi connectivity index (χ0) is 11.4. The van der Waals surface area contributed by atoms with Crippen molar-refractivity contribution >= 4 is 5.97 Å². The molecule has 6 heteroatoms. The van der Waals surface area contributed by atoms with Gasteiger partial charge in [-0.3, -0.25) is 4.79 Å². The van der Waals surface area contributed by atoms with Gasteiger partial charge in [0.25, 0.3) is 0 Å². The molecule has 0 aliphatic rings. The van der Waals surface area contributed by atoms with Crippen molar-refractivity contribution in [2.24, 2.45) is 5.92 Å². The quantitative estimate of drug-likeness (QED) is 0.784. The Morgan fingerprint density at radius 2 is 2.20 bits per heavy atom. The molecule has 1 aromatic heterocycles. The molecule has 1 aromatic rings. The normalized spacial score (nSPS) is 13.1. The fourth-order valence-electron chi connectivity index (χ4n) is 1.49. The predicted molar refractivity (Wildman–Crippen MR) is 53.3 cm³/mol. The van der Waals surface area contributed by atoms with Crippen molar-refractivity contribution in [3.63, 3.8) is 0 Å². The maximum absolute atomic E-state index is 10.7. The van der Waals surface area contributed by atoms with Gasteiger partial charge in [0.05, 0.1) is 12.5 Å². The Bertz CT molecular complexity index is 335. The van der Waals surface area contributed by atoms with Gasteiger partial charge in [-0.15, -0.1) is 5.10 Å². The number of tetrazole rings is 1. The summed E-state index contributed by atoms with van der Waals surface area (Å²) in [6.45, 7) is 5.88. The summed E-state index contributed by atoms with van der Waals surface area (Å²) in [6, 6.07) is -0.174. The second-order valence-corrected chi connectivity index (χ2v) is 3.80. The van der Waals surface area contributed by atoms with Crippen LogP contribution in [0, 0.1) is 5.92 Å². The minimum atomic E-state index is -0.828. The molecule has 1 N–H and O–H groups in total. The largest absolute Gasteiger partial charge is 0.481 e. The van der Waals surface area contributed by atoms with E-state index < -0.39 is 5.97 Å². The van der Waals surface area contributed by atoms with E-state index in [1.165, 1.54) is 0 Å². The lowest BCUT2D eigenvalue weighted by Gasteiger charge is -2.19. The van der Waals surface area contributed by atoms with E-state index in [0.717, 1.165) is 5.82 Å². The summed E-state index contributed by atoms with van der Waals surface area (Å²) in [5.41, 5.74) is 0. The Hall–Kier alpha value is -1.46. The highest BCUT2D eigenvalue weighted by Crippen LogP contribution is 2.21. The topological polar surface area (TPSA) is 80.9 Å². The summed E-state index contributed by atoms with van der Waals surface area (Å²) < 4.78 is 1.62. The summed E-state index contributed by atoms with van der Waals surface area (Å²) in [7, 11) is 0. The second-order valence-electron chi connectivity index (χ2n) is 3.80. The SMILES string of the molecule is CCc1nnnn1C(CC(=O)O)C(C)C. The first kappa shape index (κ1) is 11.6. The number of carboxylic acids is 1. The molecule has 1 rings (SSSR count). The van der Waals surface area contributed by atoms with Gasteiger partial charge in [0.2, 0.25) is 0 Å². The van der Waals surface area contributed by atoms with E-state index in [0.29, 0.717) is 6.42 Å². The van der Waals surface area contributed by atoms with Gasteiger partial charge in [0, 0.05) is 6.42 Å². The maximum atomic E-state index is 10.7. The summed E-state index contributed by atoms with van der Waals surface area (Å²) in [6.07, 6.45) is 0.756. The number of carbonyl (C=O) groups is 1. The summed E-state index contributed by atoms with van der Waals surface area (Å²) in [4.78, 5) is 10.7. The molecule has 0 fully saturated rings. The average molecular weight is 212 g/mol. The van der Waals surface area contributed by atoms with Crippen LogP contribution in [0.25, 0.3) is 0 Å². The van der Waals surface area contributed by atoms with Crippen LogP contribution < -0.4 is 0 Å². The molecule has 1 unspecified atom stereocenters. The first-order valence-electron chi connectivity index (χ1n) is 5.04. The van der Waals surface area contributed by atoms with E-state index in [2.05, 4.69) is 15.5 Å². The average Bonchev–Trinajstić information content (AvgIpc) is 2.60. The van der Waals surface area contributed by atoms with Crippen molar-refractivity contribution in [2.45, 2.75) is 39.7 Å². The summed E-state index contributed by atoms with van der Waals surface area (Å²) >= 11 is 0. The summed E-state index contributed by atoms with van der Waals surface area (Å²) in [5.74, 6) is 0.0936. The van der Waals surface area contributed by atoms with Crippen molar-refractivity contribution in [2.75, 3.05) is 0 Å². The fourth-order valence-corrected chi connectivity index (χ4v) is 1.49. The Balaban J connectivity index is 2.93. The smallest absolute Gasteiger partial charge is 0.305 e. The van der Waals surface area contributed by atoms with Crippen LogP contribution in [0.3, 0.4) is 0 Å². The zero-order valence-electron chi connectivity index (χ0n) is 9.21. The second kappa shape index (κ2) is 4.86. The van der Waals surface area contributed by atoms with Gasteiger partial charge in [0.1, 0.15) is 0 Å². The van der Waals surface area contributed by atoms with E-state index in [1.807, 2.05) is 20.8 Å². The van der Waals surface area contributed by atoms with E-state index >= 15 is 0 Å². The minimum absolute atomic E-state index is 0.0513. The third-order valence-corrected chi connectivity index (χ3v) is 2.34. The van der Waals surface area contributed by atoms with Crippen LogP contribution in [-0.4, -0.2) is 31.3 Å². The van der Waals surface area contributed by atoms with Crippen molar-refractivity contribution in [3.8, 4) is 0 Å². The van der Waals surface area contributed by atoms with Crippen molar-refractivity contribution in [1.82, 2.24) is 20.2 Å². The molecule has 15 heavy (non-hydrogen) atoms. The molecule has 0 spiro atoms. The van der Waals surface area contributed by atoms with Crippen LogP contribution >= 0.6 is 0 Å². The Labute approximate surface area is 88.3 Å². The molecule has 0 radical (unpaired) electrons. The molecule has 0 aliphatic carbocycles. The van der Waals surface area contributed by atoms with Crippen LogP contribution in [0.15, 0.2) is 0 Å². The Morgan fingerprint density at radius 1 is 1.53 bits per heavy atom. The van der Waals surface area contributed by atoms with Crippen LogP contribution in [0.5, 0.6) is 0 Å². The van der Waals surface area contributed by atoms with Crippen molar-refractivity contribution < 1.29 is 9.90 Å². The molecule has 0 bridgehead atoms. The third-order valence-electron chi connectivity index (χ3n) is 2.34. The molecule has 1 heterocycles. The first-order valence-corrected chi connectivity index (χ1v) is 5.04. The lowest BCUT2D eigenvalue weighted by molar-refractivity contribution is -0.138. The standard InChI is InChI=1S/C9H16N4O2/c1-4-8-10-11-12-13(8)7(6(2)3)5-9(14)15/h6-7H,4-5H2,1-3H3,(H,14,15). The molecule has 0 aliphatic heterocycles. The maximum Gasteiger partial charge on any atom is 0.305 e. The molecule has 84 valence electrons. The monoisotopic (exact) mass is 212 g/mol. The van der Waals surface area contributed by atoms with Gasteiger partial charge in [-0.05, 0) is 16.3 Å². The lowest BCUT2D eigenvalue weighted by atomic mass is 10.0. The molecular weight excluding hydrogens is 196 g/mol. The first-order chi connectivity index (χ1) is 7.06. The molecule has 0 aromatic carbocycles. The number of nitrogens with zero attached hydrogens (tertiary/aromatic N) is 4. The van der Waals surface area contributed by atoms with Crippen LogP contribution in [0.2, 0.25) is 0 Å². The molecule has 6 nitrogen and oxygen atoms in total. The van der Waals surface area contributed by atoms with Gasteiger partial charge in [-0.1, -0.05) is 20.8 Å². The van der Waals surface area contributed by atoms with E-state index in [1.54, 1.807) is 4.68 Å². The summed E-state index contributed by atoms with van der Waals surface area (Å²) in [5, 5.41) is 20.1. The van der Waals surface area contributed by atoms with Crippen LogP contribution in [0.4, 0.5) is 0 Å². The zero-order valence-corrected chi connectivity index (χ0v) is 9.21. The number of aryl methyl sites for hydroxylation is 1. The van der Waals surface area contributed by atoms with Crippen molar-refractivity contribution in [1.29, 1.82) is 0 Å². The number of hydrogen-bond acceptors (Lipinski definition) is 4. The van der Waals surface area contributed by atoms with Crippen LogP contribution in [-0.2, 0) is 11.2 Å². The minimum Gasteiger partial charge on any atom is -0.481 e. The van der Waals surface area contributed by atoms with Crippen molar-refractivity contribution in [3.05, 3.63) is 5.82 Å². The third kappa shape index (κ3) is 2.74.